The molecular weight excluding hydrogens is 336 g/mol. The molecule has 2 rings (SSSR count). The van der Waals surface area contributed by atoms with E-state index in [2.05, 4.69) is 10.6 Å². The molecular formula is C19H22N2O3S. The summed E-state index contributed by atoms with van der Waals surface area (Å²) < 4.78 is 5.11. The first-order valence-electron chi connectivity index (χ1n) is 7.96. The van der Waals surface area contributed by atoms with Crippen LogP contribution < -0.4 is 15.4 Å². The molecule has 0 fully saturated rings. The van der Waals surface area contributed by atoms with E-state index in [0.717, 1.165) is 10.6 Å². The fourth-order valence-corrected chi connectivity index (χ4v) is 2.84. The molecule has 0 aliphatic carbocycles. The summed E-state index contributed by atoms with van der Waals surface area (Å²) in [4.78, 5) is 25.4. The first-order valence-corrected chi connectivity index (χ1v) is 8.94. The molecule has 25 heavy (non-hydrogen) atoms. The van der Waals surface area contributed by atoms with Crippen LogP contribution in [0.3, 0.4) is 0 Å². The van der Waals surface area contributed by atoms with Gasteiger partial charge >= 0.3 is 0 Å². The topological polar surface area (TPSA) is 67.4 Å². The van der Waals surface area contributed by atoms with Crippen molar-refractivity contribution in [3.05, 3.63) is 54.1 Å². The van der Waals surface area contributed by atoms with Crippen LogP contribution in [0.25, 0.3) is 0 Å². The molecule has 0 heterocycles. The zero-order valence-corrected chi connectivity index (χ0v) is 15.4. The number of hydrogen-bond acceptors (Lipinski definition) is 4. The van der Waals surface area contributed by atoms with Gasteiger partial charge in [0.2, 0.25) is 5.91 Å². The summed E-state index contributed by atoms with van der Waals surface area (Å²) in [6.45, 7) is 3.79. The van der Waals surface area contributed by atoms with Gasteiger partial charge in [-0.25, -0.2) is 0 Å². The average molecular weight is 358 g/mol. The molecule has 5 nitrogen and oxygen atoms in total. The number of anilines is 1. The van der Waals surface area contributed by atoms with Crippen molar-refractivity contribution in [2.24, 2.45) is 0 Å². The van der Waals surface area contributed by atoms with Crippen molar-refractivity contribution < 1.29 is 14.3 Å². The number of nitrogens with one attached hydrogen (secondary N) is 2. The van der Waals surface area contributed by atoms with Crippen molar-refractivity contribution in [1.82, 2.24) is 5.32 Å². The fraction of sp³-hybridized carbons (Fsp3) is 0.263. The molecule has 0 radical (unpaired) electrons. The summed E-state index contributed by atoms with van der Waals surface area (Å²) in [5.74, 6) is 0.671. The fourth-order valence-electron chi connectivity index (χ4n) is 2.14. The summed E-state index contributed by atoms with van der Waals surface area (Å²) in [5, 5.41) is 5.65. The van der Waals surface area contributed by atoms with Crippen LogP contribution in [0, 0.1) is 0 Å². The van der Waals surface area contributed by atoms with E-state index in [9.17, 15) is 9.59 Å². The lowest BCUT2D eigenvalue weighted by molar-refractivity contribution is -0.113. The van der Waals surface area contributed by atoms with E-state index >= 15 is 0 Å². The van der Waals surface area contributed by atoms with Crippen LogP contribution in [0.2, 0.25) is 0 Å². The minimum atomic E-state index is -0.200. The second-order valence-corrected chi connectivity index (χ2v) is 6.73. The van der Waals surface area contributed by atoms with Crippen LogP contribution in [0.1, 0.15) is 24.2 Å². The number of benzene rings is 2. The lowest BCUT2D eigenvalue weighted by Crippen LogP contribution is -2.31. The molecule has 0 bridgehead atoms. The van der Waals surface area contributed by atoms with Crippen molar-refractivity contribution in [1.29, 1.82) is 0 Å². The number of rotatable bonds is 7. The number of hydrogen-bond donors (Lipinski definition) is 2. The van der Waals surface area contributed by atoms with Crippen LogP contribution >= 0.6 is 11.8 Å². The van der Waals surface area contributed by atoms with Gasteiger partial charge in [0.1, 0.15) is 5.75 Å². The Hall–Kier alpha value is -2.47. The summed E-state index contributed by atoms with van der Waals surface area (Å²) in [6.07, 6.45) is 0. The van der Waals surface area contributed by atoms with E-state index in [0.29, 0.717) is 11.3 Å². The third-order valence-electron chi connectivity index (χ3n) is 3.29. The molecule has 132 valence electrons. The highest BCUT2D eigenvalue weighted by Gasteiger charge is 2.13. The molecule has 2 aromatic carbocycles. The van der Waals surface area contributed by atoms with Gasteiger partial charge in [-0.3, -0.25) is 9.59 Å². The van der Waals surface area contributed by atoms with Gasteiger partial charge in [-0.2, -0.15) is 0 Å². The number of para-hydroxylation sites is 1. The monoisotopic (exact) mass is 358 g/mol. The largest absolute Gasteiger partial charge is 0.497 e. The van der Waals surface area contributed by atoms with Gasteiger partial charge < -0.3 is 15.4 Å². The molecule has 0 aromatic heterocycles. The second-order valence-electron chi connectivity index (χ2n) is 5.69. The maximum Gasteiger partial charge on any atom is 0.253 e. The highest BCUT2D eigenvalue weighted by molar-refractivity contribution is 8.00. The van der Waals surface area contributed by atoms with Crippen LogP contribution in [0.5, 0.6) is 5.75 Å². The van der Waals surface area contributed by atoms with Gasteiger partial charge in [0.15, 0.2) is 0 Å². The second kappa shape index (κ2) is 9.13. The Balaban J connectivity index is 1.97. The van der Waals surface area contributed by atoms with E-state index in [4.69, 9.17) is 4.74 Å². The SMILES string of the molecule is COc1ccc(SCC(=O)Nc2ccccc2C(=O)NC(C)C)cc1. The van der Waals surface area contributed by atoms with Crippen molar-refractivity contribution in [3.8, 4) is 5.75 Å². The molecule has 0 unspecified atom stereocenters. The normalized spacial score (nSPS) is 10.4. The van der Waals surface area contributed by atoms with Gasteiger partial charge in [-0.1, -0.05) is 12.1 Å². The maximum absolute atomic E-state index is 12.2. The molecule has 2 amide bonds. The highest BCUT2D eigenvalue weighted by Crippen LogP contribution is 2.22. The molecule has 0 atom stereocenters. The van der Waals surface area contributed by atoms with Gasteiger partial charge in [0.05, 0.1) is 24.1 Å². The zero-order chi connectivity index (χ0) is 18.2. The van der Waals surface area contributed by atoms with E-state index in [1.54, 1.807) is 31.4 Å². The maximum atomic E-state index is 12.2. The highest BCUT2D eigenvalue weighted by atomic mass is 32.2. The van der Waals surface area contributed by atoms with Crippen LogP contribution in [-0.4, -0.2) is 30.7 Å². The van der Waals surface area contributed by atoms with Crippen molar-refractivity contribution in [2.45, 2.75) is 24.8 Å². The lowest BCUT2D eigenvalue weighted by Gasteiger charge is -2.13. The Labute approximate surface area is 152 Å². The summed E-state index contributed by atoms with van der Waals surface area (Å²) in [7, 11) is 1.61. The number of carbonyl (C=O) groups excluding carboxylic acids is 2. The molecule has 0 aliphatic heterocycles. The molecule has 0 aliphatic rings. The predicted molar refractivity (Wildman–Crippen MR) is 101 cm³/mol. The minimum Gasteiger partial charge on any atom is -0.497 e. The van der Waals surface area contributed by atoms with Gasteiger partial charge in [-0.15, -0.1) is 11.8 Å². The number of ether oxygens (including phenoxy) is 1. The minimum absolute atomic E-state index is 0.0295. The van der Waals surface area contributed by atoms with Gasteiger partial charge in [0, 0.05) is 10.9 Å². The molecule has 6 heteroatoms. The molecule has 0 spiro atoms. The zero-order valence-electron chi connectivity index (χ0n) is 14.5. The first-order chi connectivity index (χ1) is 12.0. The van der Waals surface area contributed by atoms with Gasteiger partial charge in [-0.05, 0) is 50.2 Å². The van der Waals surface area contributed by atoms with Gasteiger partial charge in [0.25, 0.3) is 5.91 Å². The molecule has 2 N–H and O–H groups in total. The molecule has 2 aromatic rings. The smallest absolute Gasteiger partial charge is 0.253 e. The van der Waals surface area contributed by atoms with E-state index in [1.807, 2.05) is 38.1 Å². The van der Waals surface area contributed by atoms with E-state index in [1.165, 1.54) is 11.8 Å². The molecule has 0 saturated carbocycles. The Morgan fingerprint density at radius 3 is 2.40 bits per heavy atom. The Kier molecular flexibility index (Phi) is 6.89. The number of methoxy groups -OCH3 is 1. The van der Waals surface area contributed by atoms with E-state index < -0.39 is 0 Å². The first kappa shape index (κ1) is 18.9. The quantitative estimate of drug-likeness (QED) is 0.743. The Bertz CT molecular complexity index is 730. The lowest BCUT2D eigenvalue weighted by atomic mass is 10.1. The van der Waals surface area contributed by atoms with Crippen molar-refractivity contribution in [3.63, 3.8) is 0 Å². The standard InChI is InChI=1S/C19H22N2O3S/c1-13(2)20-19(23)16-6-4-5-7-17(16)21-18(22)12-25-15-10-8-14(24-3)9-11-15/h4-11,13H,12H2,1-3H3,(H,20,23)(H,21,22). The Morgan fingerprint density at radius 2 is 1.76 bits per heavy atom. The third kappa shape index (κ3) is 5.83. The summed E-state index contributed by atoms with van der Waals surface area (Å²) in [5.41, 5.74) is 0.972. The van der Waals surface area contributed by atoms with Crippen molar-refractivity contribution in [2.75, 3.05) is 18.2 Å². The van der Waals surface area contributed by atoms with Crippen LogP contribution in [0.4, 0.5) is 5.69 Å². The average Bonchev–Trinajstić information content (AvgIpc) is 2.60. The number of thioether (sulfide) groups is 1. The summed E-state index contributed by atoms with van der Waals surface area (Å²) >= 11 is 1.42. The Morgan fingerprint density at radius 1 is 1.08 bits per heavy atom. The third-order valence-corrected chi connectivity index (χ3v) is 4.31. The van der Waals surface area contributed by atoms with Crippen LogP contribution in [-0.2, 0) is 4.79 Å². The van der Waals surface area contributed by atoms with Crippen LogP contribution in [0.15, 0.2) is 53.4 Å². The molecule has 0 saturated heterocycles. The number of carbonyl (C=O) groups is 2. The summed E-state index contributed by atoms with van der Waals surface area (Å²) in [6, 6.07) is 14.5. The van der Waals surface area contributed by atoms with E-state index in [-0.39, 0.29) is 23.6 Å². The van der Waals surface area contributed by atoms with Crippen molar-refractivity contribution >= 4 is 29.3 Å². The number of amides is 2. The predicted octanol–water partition coefficient (Wildman–Crippen LogP) is 3.56.